The fraction of sp³-hybridized carbons (Fsp3) is 0.259. The number of alkyl halides is 1. The van der Waals surface area contributed by atoms with Crippen molar-refractivity contribution in [3.63, 3.8) is 0 Å². The first-order chi connectivity index (χ1) is 18.8. The van der Waals surface area contributed by atoms with Crippen molar-refractivity contribution in [2.45, 2.75) is 36.9 Å². The summed E-state index contributed by atoms with van der Waals surface area (Å²) in [6.07, 6.45) is 1.34. The monoisotopic (exact) mass is 575 g/mol. The Morgan fingerprint density at radius 2 is 1.75 bits per heavy atom. The summed E-state index contributed by atoms with van der Waals surface area (Å²) >= 11 is 0. The van der Waals surface area contributed by atoms with E-state index in [4.69, 9.17) is 14.2 Å². The van der Waals surface area contributed by atoms with Gasteiger partial charge in [0.25, 0.3) is 10.0 Å². The van der Waals surface area contributed by atoms with Gasteiger partial charge in [0.05, 0.1) is 29.2 Å². The predicted molar refractivity (Wildman–Crippen MR) is 139 cm³/mol. The lowest BCUT2D eigenvalue weighted by atomic mass is 9.94. The van der Waals surface area contributed by atoms with E-state index in [9.17, 15) is 13.2 Å². The Hall–Kier alpha value is -4.10. The molecule has 9 nitrogen and oxygen atoms in total. The van der Waals surface area contributed by atoms with E-state index >= 15 is 13.2 Å². The zero-order valence-electron chi connectivity index (χ0n) is 21.6. The minimum Gasteiger partial charge on any atom is -0.450 e. The van der Waals surface area contributed by atoms with Crippen molar-refractivity contribution in [2.24, 2.45) is 0 Å². The number of hydrogen-bond acceptors (Lipinski definition) is 7. The number of halogens is 3. The number of pyridine rings is 1. The number of ether oxygens (including phenoxy) is 3. The summed E-state index contributed by atoms with van der Waals surface area (Å²) in [7, 11) is -4.23. The normalized spacial score (nSPS) is 14.9. The lowest BCUT2D eigenvalue weighted by Crippen LogP contribution is -2.42. The minimum atomic E-state index is -4.23. The third-order valence-corrected chi connectivity index (χ3v) is 7.58. The van der Waals surface area contributed by atoms with Crippen LogP contribution >= 0.6 is 0 Å². The standard InChI is InChI=1S/C27H24F3N3O6S/c1-26(2,3)39-25(34)32-16-11-19(28)23(20(29)12-16)38-21-9-10-31-24-22(21)18(27(30)14-37-15-27)13-33(24)40(35,36)17-7-5-4-6-8-17/h4-13H,14-15H2,1-3H3,(H,32,34). The first-order valence-electron chi connectivity index (χ1n) is 12.0. The number of fused-ring (bicyclic) bond motifs is 1. The summed E-state index contributed by atoms with van der Waals surface area (Å²) < 4.78 is 89.2. The van der Waals surface area contributed by atoms with Crippen molar-refractivity contribution in [3.05, 3.63) is 78.1 Å². The zero-order chi connectivity index (χ0) is 28.9. The molecule has 40 heavy (non-hydrogen) atoms. The highest BCUT2D eigenvalue weighted by molar-refractivity contribution is 7.90. The van der Waals surface area contributed by atoms with Crippen LogP contribution in [0.5, 0.6) is 11.5 Å². The van der Waals surface area contributed by atoms with Gasteiger partial charge in [0.2, 0.25) is 0 Å². The fourth-order valence-corrected chi connectivity index (χ4v) is 5.45. The van der Waals surface area contributed by atoms with Crippen LogP contribution in [0.2, 0.25) is 0 Å². The van der Waals surface area contributed by atoms with Crippen LogP contribution in [0.25, 0.3) is 11.0 Å². The lowest BCUT2D eigenvalue weighted by molar-refractivity contribution is -0.134. The van der Waals surface area contributed by atoms with Crippen molar-refractivity contribution in [1.82, 2.24) is 8.96 Å². The smallest absolute Gasteiger partial charge is 0.412 e. The molecule has 1 fully saturated rings. The van der Waals surface area contributed by atoms with Crippen molar-refractivity contribution >= 4 is 32.8 Å². The largest absolute Gasteiger partial charge is 0.450 e. The summed E-state index contributed by atoms with van der Waals surface area (Å²) in [5.41, 5.74) is -3.48. The van der Waals surface area contributed by atoms with Crippen LogP contribution in [0.3, 0.4) is 0 Å². The first kappa shape index (κ1) is 27.5. The van der Waals surface area contributed by atoms with Crippen molar-refractivity contribution in [1.29, 1.82) is 0 Å². The SMILES string of the molecule is CC(C)(C)OC(=O)Nc1cc(F)c(Oc2ccnc3c2c(C2(F)COC2)cn3S(=O)(=O)c2ccccc2)c(F)c1. The van der Waals surface area contributed by atoms with Crippen molar-refractivity contribution < 1.29 is 40.6 Å². The molecule has 2 aromatic carbocycles. The molecule has 3 heterocycles. The van der Waals surface area contributed by atoms with Gasteiger partial charge in [0, 0.05) is 30.1 Å². The number of hydrogen-bond donors (Lipinski definition) is 1. The van der Waals surface area contributed by atoms with Gasteiger partial charge in [0.15, 0.2) is 28.7 Å². The Labute approximate surface area is 227 Å². The minimum absolute atomic E-state index is 0.0745. The Kier molecular flexibility index (Phi) is 6.74. The van der Waals surface area contributed by atoms with E-state index in [1.54, 1.807) is 26.8 Å². The van der Waals surface area contributed by atoms with Gasteiger partial charge in [-0.05, 0) is 39.0 Å². The second-order valence-electron chi connectivity index (χ2n) is 10.1. The van der Waals surface area contributed by atoms with Gasteiger partial charge < -0.3 is 14.2 Å². The molecular formula is C27H24F3N3O6S. The Bertz CT molecular complexity index is 1690. The van der Waals surface area contributed by atoms with E-state index in [1.165, 1.54) is 36.5 Å². The van der Waals surface area contributed by atoms with Gasteiger partial charge in [-0.2, -0.15) is 0 Å². The number of benzene rings is 2. The third kappa shape index (κ3) is 5.09. The van der Waals surface area contributed by atoms with Crippen LogP contribution in [-0.2, 0) is 25.2 Å². The molecule has 13 heteroatoms. The van der Waals surface area contributed by atoms with Gasteiger partial charge in [-0.1, -0.05) is 18.2 Å². The summed E-state index contributed by atoms with van der Waals surface area (Å²) in [4.78, 5) is 16.1. The van der Waals surface area contributed by atoms with Crippen molar-refractivity contribution in [2.75, 3.05) is 18.5 Å². The molecule has 0 unspecified atom stereocenters. The molecule has 0 atom stereocenters. The topological polar surface area (TPSA) is 109 Å². The van der Waals surface area contributed by atoms with Crippen LogP contribution < -0.4 is 10.1 Å². The molecule has 0 spiro atoms. The molecule has 5 rings (SSSR count). The number of carbonyl (C=O) groups is 1. The summed E-state index contributed by atoms with van der Waals surface area (Å²) in [6.45, 7) is 4.16. The second-order valence-corrected chi connectivity index (χ2v) is 11.9. The maximum absolute atomic E-state index is 15.7. The van der Waals surface area contributed by atoms with Crippen LogP contribution in [0.15, 0.2) is 65.8 Å². The number of nitrogens with zero attached hydrogens (tertiary/aromatic N) is 2. The average Bonchev–Trinajstić information content (AvgIpc) is 3.26. The van der Waals surface area contributed by atoms with Gasteiger partial charge >= 0.3 is 6.09 Å². The highest BCUT2D eigenvalue weighted by Crippen LogP contribution is 2.44. The number of nitrogens with one attached hydrogen (secondary N) is 1. The van der Waals surface area contributed by atoms with E-state index in [0.29, 0.717) is 0 Å². The molecule has 4 aromatic rings. The molecule has 1 amide bonds. The molecule has 0 saturated carbocycles. The van der Waals surface area contributed by atoms with E-state index in [-0.39, 0.29) is 46.1 Å². The number of aromatic nitrogens is 2. The summed E-state index contributed by atoms with van der Waals surface area (Å²) in [5.74, 6) is -3.46. The molecule has 0 radical (unpaired) electrons. The quantitative estimate of drug-likeness (QED) is 0.306. The molecule has 210 valence electrons. The van der Waals surface area contributed by atoms with E-state index in [1.807, 2.05) is 0 Å². The highest BCUT2D eigenvalue weighted by Gasteiger charge is 2.45. The third-order valence-electron chi connectivity index (χ3n) is 5.92. The number of anilines is 1. The van der Waals surface area contributed by atoms with Gasteiger partial charge in [-0.15, -0.1) is 0 Å². The molecule has 1 aliphatic rings. The van der Waals surface area contributed by atoms with Crippen LogP contribution in [0.4, 0.5) is 23.7 Å². The number of amides is 1. The van der Waals surface area contributed by atoms with Gasteiger partial charge in [0.1, 0.15) is 11.4 Å². The Balaban J connectivity index is 1.58. The highest BCUT2D eigenvalue weighted by atomic mass is 32.2. The van der Waals surface area contributed by atoms with Crippen LogP contribution in [0, 0.1) is 11.6 Å². The average molecular weight is 576 g/mol. The van der Waals surface area contributed by atoms with Crippen LogP contribution in [0.1, 0.15) is 26.3 Å². The van der Waals surface area contributed by atoms with Crippen molar-refractivity contribution in [3.8, 4) is 11.5 Å². The number of rotatable bonds is 6. The van der Waals surface area contributed by atoms with E-state index in [0.717, 1.165) is 22.3 Å². The first-order valence-corrected chi connectivity index (χ1v) is 13.5. The molecule has 0 aliphatic carbocycles. The van der Waals surface area contributed by atoms with Crippen LogP contribution in [-0.4, -0.2) is 42.3 Å². The molecule has 1 aliphatic heterocycles. The molecule has 1 saturated heterocycles. The molecule has 0 bridgehead atoms. The lowest BCUT2D eigenvalue weighted by Gasteiger charge is -2.33. The zero-order valence-corrected chi connectivity index (χ0v) is 22.4. The predicted octanol–water partition coefficient (Wildman–Crippen LogP) is 5.89. The summed E-state index contributed by atoms with van der Waals surface area (Å²) in [5, 5.41) is 2.15. The van der Waals surface area contributed by atoms with Gasteiger partial charge in [-0.3, -0.25) is 5.32 Å². The van der Waals surface area contributed by atoms with E-state index < -0.39 is 44.8 Å². The Morgan fingerprint density at radius 3 is 2.33 bits per heavy atom. The molecular weight excluding hydrogens is 551 g/mol. The van der Waals surface area contributed by atoms with Gasteiger partial charge in [-0.25, -0.2) is 35.3 Å². The maximum atomic E-state index is 15.7. The summed E-state index contributed by atoms with van der Waals surface area (Å²) in [6, 6.07) is 10.3. The number of carbonyl (C=O) groups excluding carboxylic acids is 1. The molecule has 1 N–H and O–H groups in total. The second kappa shape index (κ2) is 9.82. The molecule has 2 aromatic heterocycles. The maximum Gasteiger partial charge on any atom is 0.412 e. The van der Waals surface area contributed by atoms with E-state index in [2.05, 4.69) is 10.3 Å². The Morgan fingerprint density at radius 1 is 1.10 bits per heavy atom. The fourth-order valence-electron chi connectivity index (χ4n) is 4.11.